The summed E-state index contributed by atoms with van der Waals surface area (Å²) >= 11 is 0. The van der Waals surface area contributed by atoms with Crippen molar-refractivity contribution in [2.45, 2.75) is 12.1 Å². The zero-order valence-corrected chi connectivity index (χ0v) is 27.5. The number of fused-ring (bicyclic) bond motifs is 5. The van der Waals surface area contributed by atoms with Gasteiger partial charge in [0.2, 0.25) is 0 Å². The highest BCUT2D eigenvalue weighted by Crippen LogP contribution is 2.45. The van der Waals surface area contributed by atoms with Gasteiger partial charge in [0, 0.05) is 33.0 Å². The highest BCUT2D eigenvalue weighted by atomic mass is 16.5. The molecule has 0 fully saturated rings. The second-order valence-electron chi connectivity index (χ2n) is 12.9. The Balaban J connectivity index is 1.26. The van der Waals surface area contributed by atoms with Crippen LogP contribution < -0.4 is 15.3 Å². The number of hydrogen-bond donors (Lipinski definition) is 0. The van der Waals surface area contributed by atoms with E-state index in [4.69, 9.17) is 24.7 Å². The van der Waals surface area contributed by atoms with Crippen molar-refractivity contribution in [3.8, 4) is 51.0 Å². The number of para-hydroxylation sites is 2. The maximum absolute atomic E-state index is 6.78. The summed E-state index contributed by atoms with van der Waals surface area (Å²) in [5, 5.41) is 4.39. The van der Waals surface area contributed by atoms with E-state index >= 15 is 0 Å². The molecule has 2 atom stereocenters. The van der Waals surface area contributed by atoms with Gasteiger partial charge in [-0.2, -0.15) is 0 Å². The summed E-state index contributed by atoms with van der Waals surface area (Å²) in [5.74, 6) is 2.73. The van der Waals surface area contributed by atoms with E-state index in [1.807, 2.05) is 72.8 Å². The van der Waals surface area contributed by atoms with Crippen molar-refractivity contribution in [1.29, 1.82) is 0 Å². The molecule has 2 aliphatic rings. The Labute approximate surface area is 295 Å². The van der Waals surface area contributed by atoms with Crippen LogP contribution in [0.2, 0.25) is 0 Å². The van der Waals surface area contributed by atoms with Crippen LogP contribution >= 0.6 is 0 Å². The summed E-state index contributed by atoms with van der Waals surface area (Å²) < 4.78 is 6.78. The molecule has 3 heterocycles. The summed E-state index contributed by atoms with van der Waals surface area (Å²) in [6.07, 6.45) is -0.286. The molecule has 5 nitrogen and oxygen atoms in total. The molecule has 0 radical (unpaired) electrons. The lowest BCUT2D eigenvalue weighted by atomic mass is 9.86. The minimum atomic E-state index is -0.286. The third-order valence-electron chi connectivity index (χ3n) is 9.84. The van der Waals surface area contributed by atoms with Crippen LogP contribution in [-0.4, -0.2) is 21.1 Å². The van der Waals surface area contributed by atoms with E-state index in [-0.39, 0.29) is 12.1 Å². The molecule has 2 aliphatic heterocycles. The number of benzene rings is 7. The van der Waals surface area contributed by atoms with Gasteiger partial charge in [-0.05, 0) is 57.8 Å². The number of nitrogens with zero attached hydrogens (tertiary/aromatic N) is 4. The lowest BCUT2D eigenvalue weighted by molar-refractivity contribution is 0.262. The fourth-order valence-electron chi connectivity index (χ4n) is 7.47. The standard InChI is InChI=1S/C46H30N4O/c1-3-15-30(16-4-1)44-48-45(31-17-5-2-6-18-31)50-46(49-44)34-27-32(36-23-13-19-29-14-7-8-20-35(29)36)26-33(28-34)41-37-21-9-11-24-39(37)47-42-38-22-10-12-25-40(38)51-43(41)42/h1-28,42-43H. The molecule has 0 saturated heterocycles. The minimum Gasteiger partial charge on any atom is -0.483 e. The van der Waals surface area contributed by atoms with Gasteiger partial charge >= 0.3 is 0 Å². The van der Waals surface area contributed by atoms with Crippen molar-refractivity contribution < 1.29 is 4.74 Å². The van der Waals surface area contributed by atoms with Crippen molar-refractivity contribution in [1.82, 2.24) is 15.0 Å². The van der Waals surface area contributed by atoms with Gasteiger partial charge in [-0.25, -0.2) is 15.0 Å². The van der Waals surface area contributed by atoms with Crippen LogP contribution in [0.3, 0.4) is 0 Å². The van der Waals surface area contributed by atoms with E-state index in [0.29, 0.717) is 17.5 Å². The first-order valence-electron chi connectivity index (χ1n) is 17.2. The van der Waals surface area contributed by atoms with E-state index in [9.17, 15) is 0 Å². The smallest absolute Gasteiger partial charge is 0.164 e. The number of ether oxygens (including phenoxy) is 1. The molecule has 5 heteroatoms. The largest absolute Gasteiger partial charge is 0.483 e. The molecule has 2 unspecified atom stereocenters. The first-order chi connectivity index (χ1) is 25.3. The molecule has 0 N–H and O–H groups in total. The van der Waals surface area contributed by atoms with E-state index < -0.39 is 0 Å². The molecule has 7 aromatic carbocycles. The Kier molecular flexibility index (Phi) is 6.88. The summed E-state index contributed by atoms with van der Waals surface area (Å²) in [7, 11) is 0. The van der Waals surface area contributed by atoms with Crippen molar-refractivity contribution >= 4 is 16.3 Å². The predicted molar refractivity (Wildman–Crippen MR) is 202 cm³/mol. The van der Waals surface area contributed by atoms with Gasteiger partial charge in [0.05, 0.1) is 5.36 Å². The van der Waals surface area contributed by atoms with Crippen LogP contribution in [0.15, 0.2) is 175 Å². The van der Waals surface area contributed by atoms with E-state index in [1.165, 1.54) is 10.8 Å². The zero-order chi connectivity index (χ0) is 33.7. The van der Waals surface area contributed by atoms with Gasteiger partial charge in [0.15, 0.2) is 23.6 Å². The van der Waals surface area contributed by atoms with Crippen LogP contribution in [0.25, 0.3) is 61.6 Å². The Morgan fingerprint density at radius 1 is 0.451 bits per heavy atom. The van der Waals surface area contributed by atoms with Crippen molar-refractivity contribution in [3.63, 3.8) is 0 Å². The minimum absolute atomic E-state index is 0.151. The lowest BCUT2D eigenvalue weighted by Gasteiger charge is -2.24. The number of hydrogen-bond acceptors (Lipinski definition) is 5. The topological polar surface area (TPSA) is 60.3 Å². The average molecular weight is 655 g/mol. The van der Waals surface area contributed by atoms with Crippen molar-refractivity contribution in [2.24, 2.45) is 4.99 Å². The van der Waals surface area contributed by atoms with E-state index in [1.54, 1.807) is 0 Å². The second-order valence-corrected chi connectivity index (χ2v) is 12.9. The van der Waals surface area contributed by atoms with Crippen molar-refractivity contribution in [3.05, 3.63) is 192 Å². The Hall–Kier alpha value is -6.72. The molecular formula is C46H30N4O. The fraction of sp³-hybridized carbons (Fsp3) is 0.0435. The molecule has 0 aliphatic carbocycles. The Morgan fingerprint density at radius 2 is 1.04 bits per heavy atom. The Morgan fingerprint density at radius 3 is 1.82 bits per heavy atom. The van der Waals surface area contributed by atoms with Crippen LogP contribution in [0.4, 0.5) is 0 Å². The van der Waals surface area contributed by atoms with Gasteiger partial charge in [-0.3, -0.25) is 4.99 Å². The Bertz CT molecular complexity index is 2680. The van der Waals surface area contributed by atoms with Crippen LogP contribution in [0.1, 0.15) is 17.2 Å². The molecule has 0 saturated carbocycles. The quantitative estimate of drug-likeness (QED) is 0.186. The summed E-state index contributed by atoms with van der Waals surface area (Å²) in [4.78, 5) is 20.5. The second kappa shape index (κ2) is 12.0. The van der Waals surface area contributed by atoms with Gasteiger partial charge in [0.1, 0.15) is 11.8 Å². The SMILES string of the molecule is c1ccc(-c2nc(-c3ccccc3)nc(-c3cc(C4=c5ccccc5=NC5c6ccccc6OC45)cc(-c4cccc5ccccc45)c3)n2)cc1. The molecular weight excluding hydrogens is 625 g/mol. The summed E-state index contributed by atoms with van der Waals surface area (Å²) in [5.41, 5.74) is 8.22. The van der Waals surface area contributed by atoms with Gasteiger partial charge < -0.3 is 4.74 Å². The highest BCUT2D eigenvalue weighted by molar-refractivity contribution is 5.98. The molecule has 51 heavy (non-hydrogen) atoms. The molecule has 0 amide bonds. The van der Waals surface area contributed by atoms with Crippen molar-refractivity contribution in [2.75, 3.05) is 0 Å². The third kappa shape index (κ3) is 5.10. The monoisotopic (exact) mass is 654 g/mol. The van der Waals surface area contributed by atoms with Gasteiger partial charge in [-0.15, -0.1) is 0 Å². The maximum atomic E-state index is 6.78. The van der Waals surface area contributed by atoms with Gasteiger partial charge in [0.25, 0.3) is 0 Å². The van der Waals surface area contributed by atoms with E-state index in [2.05, 4.69) is 97.1 Å². The molecule has 0 bridgehead atoms. The zero-order valence-electron chi connectivity index (χ0n) is 27.5. The number of aromatic nitrogens is 3. The highest BCUT2D eigenvalue weighted by Gasteiger charge is 2.39. The first-order valence-corrected chi connectivity index (χ1v) is 17.2. The number of rotatable bonds is 5. The third-order valence-corrected chi connectivity index (χ3v) is 9.84. The predicted octanol–water partition coefficient (Wildman–Crippen LogP) is 9.03. The molecule has 10 rings (SSSR count). The van der Waals surface area contributed by atoms with Crippen LogP contribution in [0.5, 0.6) is 5.75 Å². The molecule has 8 aromatic rings. The molecule has 1 aromatic heterocycles. The lowest BCUT2D eigenvalue weighted by Crippen LogP contribution is -2.39. The summed E-state index contributed by atoms with van der Waals surface area (Å²) in [6, 6.07) is 58.5. The van der Waals surface area contributed by atoms with E-state index in [0.717, 1.165) is 60.8 Å². The molecule has 0 spiro atoms. The first kappa shape index (κ1) is 29.2. The fourth-order valence-corrected chi connectivity index (χ4v) is 7.47. The summed E-state index contributed by atoms with van der Waals surface area (Å²) in [6.45, 7) is 0. The average Bonchev–Trinajstić information content (AvgIpc) is 3.58. The molecule has 240 valence electrons. The maximum Gasteiger partial charge on any atom is 0.164 e. The van der Waals surface area contributed by atoms with Crippen LogP contribution in [-0.2, 0) is 0 Å². The normalized spacial score (nSPS) is 15.7. The van der Waals surface area contributed by atoms with Gasteiger partial charge in [-0.1, -0.05) is 140 Å². The van der Waals surface area contributed by atoms with Crippen LogP contribution in [0, 0.1) is 0 Å².